The molecule has 0 amide bonds. The molecule has 8 heteroatoms. The summed E-state index contributed by atoms with van der Waals surface area (Å²) < 4.78 is 16.4. The minimum absolute atomic E-state index is 0. The van der Waals surface area contributed by atoms with E-state index in [1.807, 2.05) is 6.07 Å². The van der Waals surface area contributed by atoms with Crippen LogP contribution in [-0.2, 0) is 22.5 Å². The Morgan fingerprint density at radius 2 is 2.03 bits per heavy atom. The predicted octanol–water partition coefficient (Wildman–Crippen LogP) is 2.99. The zero-order valence-corrected chi connectivity index (χ0v) is 20.0. The first-order valence-electron chi connectivity index (χ1n) is 10.0. The third-order valence-corrected chi connectivity index (χ3v) is 5.36. The van der Waals surface area contributed by atoms with Crippen LogP contribution >= 0.6 is 24.0 Å². The molecule has 0 aliphatic carbocycles. The van der Waals surface area contributed by atoms with Gasteiger partial charge in [-0.15, -0.1) is 24.0 Å². The number of nitrogens with zero attached hydrogens (tertiary/aromatic N) is 2. The topological polar surface area (TPSA) is 72.4 Å². The maximum atomic E-state index is 11.8. The maximum absolute atomic E-state index is 11.8. The van der Waals surface area contributed by atoms with E-state index in [0.29, 0.717) is 6.54 Å². The van der Waals surface area contributed by atoms with Gasteiger partial charge in [0.25, 0.3) is 0 Å². The number of hydrogen-bond acceptors (Lipinski definition) is 5. The molecular weight excluding hydrogens is 485 g/mol. The van der Waals surface area contributed by atoms with E-state index in [1.165, 1.54) is 12.7 Å². The second kappa shape index (κ2) is 10.9. The fraction of sp³-hybridized carbons (Fsp3) is 0.619. The van der Waals surface area contributed by atoms with Gasteiger partial charge in [0.15, 0.2) is 5.96 Å². The number of carbonyl (C=O) groups excluding carboxylic acids is 1. The van der Waals surface area contributed by atoms with Crippen LogP contribution in [0, 0.1) is 5.92 Å². The smallest absolute Gasteiger partial charge is 0.308 e. The highest BCUT2D eigenvalue weighted by molar-refractivity contribution is 14.0. The number of aliphatic imine (C=N–C) groups is 1. The molecule has 3 rings (SSSR count). The van der Waals surface area contributed by atoms with Gasteiger partial charge in [-0.1, -0.05) is 0 Å². The van der Waals surface area contributed by atoms with Crippen LogP contribution in [0.4, 0.5) is 0 Å². The second-order valence-corrected chi connectivity index (χ2v) is 7.36. The molecule has 1 unspecified atom stereocenters. The third-order valence-electron chi connectivity index (χ3n) is 5.36. The van der Waals surface area contributed by atoms with E-state index in [1.54, 1.807) is 7.11 Å². The van der Waals surface area contributed by atoms with Crippen molar-refractivity contribution in [3.05, 3.63) is 23.3 Å². The van der Waals surface area contributed by atoms with Crippen LogP contribution in [0.3, 0.4) is 0 Å². The van der Waals surface area contributed by atoms with Gasteiger partial charge in [-0.3, -0.25) is 4.79 Å². The van der Waals surface area contributed by atoms with Crippen molar-refractivity contribution in [3.8, 4) is 11.5 Å². The Labute approximate surface area is 190 Å². The molecule has 1 aromatic rings. The molecule has 1 aromatic carbocycles. The lowest BCUT2D eigenvalue weighted by Gasteiger charge is -2.33. The van der Waals surface area contributed by atoms with Crippen molar-refractivity contribution in [2.75, 3.05) is 33.9 Å². The monoisotopic (exact) mass is 517 g/mol. The number of fused-ring (bicyclic) bond motifs is 1. The SMILES string of the molecule is CCNC(=NCc1cc2c(cc1OC)CC(C)O2)N1CCC(C(=O)OC)CC1.I. The standard InChI is InChI=1S/C21H31N3O4.HI/c1-5-22-21(24-8-6-15(7-9-24)20(25)27-4)23-13-17-12-19-16(10-14(2)28-19)11-18(17)26-3;/h11-12,14-15H,5-10,13H2,1-4H3,(H,22,23);1H. The van der Waals surface area contributed by atoms with Gasteiger partial charge in [0.05, 0.1) is 26.7 Å². The summed E-state index contributed by atoms with van der Waals surface area (Å²) in [5.74, 6) is 2.52. The Morgan fingerprint density at radius 1 is 1.31 bits per heavy atom. The number of piperidine rings is 1. The van der Waals surface area contributed by atoms with Gasteiger partial charge in [0, 0.05) is 37.2 Å². The van der Waals surface area contributed by atoms with Crippen molar-refractivity contribution < 1.29 is 19.0 Å². The number of methoxy groups -OCH3 is 2. The number of benzene rings is 1. The molecule has 1 saturated heterocycles. The first-order chi connectivity index (χ1) is 13.5. The lowest BCUT2D eigenvalue weighted by atomic mass is 9.97. The fourth-order valence-corrected chi connectivity index (χ4v) is 3.87. The average Bonchev–Trinajstić information content (AvgIpc) is 3.08. The summed E-state index contributed by atoms with van der Waals surface area (Å²) in [5.41, 5.74) is 2.20. The Kier molecular flexibility index (Phi) is 8.85. The van der Waals surface area contributed by atoms with Crippen molar-refractivity contribution in [1.29, 1.82) is 0 Å². The molecule has 0 radical (unpaired) electrons. The van der Waals surface area contributed by atoms with Gasteiger partial charge in [0.1, 0.15) is 17.6 Å². The van der Waals surface area contributed by atoms with Gasteiger partial charge in [-0.25, -0.2) is 4.99 Å². The lowest BCUT2D eigenvalue weighted by Crippen LogP contribution is -2.46. The van der Waals surface area contributed by atoms with Crippen molar-refractivity contribution in [3.63, 3.8) is 0 Å². The van der Waals surface area contributed by atoms with Gasteiger partial charge >= 0.3 is 5.97 Å². The normalized spacial score (nSPS) is 19.1. The van der Waals surface area contributed by atoms with Crippen molar-refractivity contribution in [1.82, 2.24) is 10.2 Å². The highest BCUT2D eigenvalue weighted by atomic mass is 127. The number of carbonyl (C=O) groups is 1. The summed E-state index contributed by atoms with van der Waals surface area (Å²) in [6.07, 6.45) is 2.68. The van der Waals surface area contributed by atoms with Crippen LogP contribution < -0.4 is 14.8 Å². The summed E-state index contributed by atoms with van der Waals surface area (Å²) in [4.78, 5) is 18.8. The zero-order chi connectivity index (χ0) is 20.1. The van der Waals surface area contributed by atoms with E-state index < -0.39 is 0 Å². The molecule has 0 saturated carbocycles. The number of ether oxygens (including phenoxy) is 3. The quantitative estimate of drug-likeness (QED) is 0.280. The lowest BCUT2D eigenvalue weighted by molar-refractivity contribution is -0.146. The van der Waals surface area contributed by atoms with Crippen LogP contribution in [0.1, 0.15) is 37.8 Å². The van der Waals surface area contributed by atoms with E-state index >= 15 is 0 Å². The highest BCUT2D eigenvalue weighted by Gasteiger charge is 2.27. The predicted molar refractivity (Wildman–Crippen MR) is 123 cm³/mol. The van der Waals surface area contributed by atoms with E-state index in [9.17, 15) is 4.79 Å². The molecule has 0 bridgehead atoms. The number of rotatable bonds is 5. The highest BCUT2D eigenvalue weighted by Crippen LogP contribution is 2.35. The van der Waals surface area contributed by atoms with Crippen LogP contribution in [0.15, 0.2) is 17.1 Å². The summed E-state index contributed by atoms with van der Waals surface area (Å²) in [5, 5.41) is 3.37. The Hall–Kier alpha value is -1.71. The molecule has 1 atom stereocenters. The first-order valence-corrected chi connectivity index (χ1v) is 10.0. The zero-order valence-electron chi connectivity index (χ0n) is 17.7. The molecule has 29 heavy (non-hydrogen) atoms. The van der Waals surface area contributed by atoms with Gasteiger partial charge in [-0.05, 0) is 38.8 Å². The molecule has 2 aliphatic heterocycles. The second-order valence-electron chi connectivity index (χ2n) is 7.36. The van der Waals surface area contributed by atoms with Gasteiger partial charge < -0.3 is 24.4 Å². The van der Waals surface area contributed by atoms with Crippen LogP contribution in [0.5, 0.6) is 11.5 Å². The molecule has 162 valence electrons. The Bertz CT molecular complexity index is 733. The van der Waals surface area contributed by atoms with E-state index in [4.69, 9.17) is 19.2 Å². The Balaban J connectivity index is 0.00000300. The number of guanidine groups is 1. The van der Waals surface area contributed by atoms with E-state index in [2.05, 4.69) is 30.1 Å². The number of nitrogens with one attached hydrogen (secondary N) is 1. The van der Waals surface area contributed by atoms with Gasteiger partial charge in [-0.2, -0.15) is 0 Å². The first kappa shape index (κ1) is 23.6. The number of hydrogen-bond donors (Lipinski definition) is 1. The van der Waals surface area contributed by atoms with Crippen LogP contribution in [-0.4, -0.2) is 56.8 Å². The molecule has 0 aromatic heterocycles. The minimum Gasteiger partial charge on any atom is -0.496 e. The average molecular weight is 517 g/mol. The molecule has 2 aliphatic rings. The molecule has 7 nitrogen and oxygen atoms in total. The van der Waals surface area contributed by atoms with Crippen LogP contribution in [0.2, 0.25) is 0 Å². The number of halogens is 1. The molecule has 1 N–H and O–H groups in total. The molecule has 0 spiro atoms. The van der Waals surface area contributed by atoms with E-state index in [-0.39, 0.29) is 42.0 Å². The maximum Gasteiger partial charge on any atom is 0.308 e. The third kappa shape index (κ3) is 5.67. The van der Waals surface area contributed by atoms with Crippen molar-refractivity contribution in [2.24, 2.45) is 10.9 Å². The fourth-order valence-electron chi connectivity index (χ4n) is 3.87. The van der Waals surface area contributed by atoms with Crippen molar-refractivity contribution >= 4 is 35.9 Å². The molecule has 2 heterocycles. The summed E-state index contributed by atoms with van der Waals surface area (Å²) in [6, 6.07) is 4.12. The van der Waals surface area contributed by atoms with Gasteiger partial charge in [0.2, 0.25) is 0 Å². The van der Waals surface area contributed by atoms with E-state index in [0.717, 1.165) is 61.9 Å². The van der Waals surface area contributed by atoms with Crippen LogP contribution in [0.25, 0.3) is 0 Å². The summed E-state index contributed by atoms with van der Waals surface area (Å²) in [7, 11) is 3.14. The minimum atomic E-state index is -0.112. The van der Waals surface area contributed by atoms with Crippen molar-refractivity contribution in [2.45, 2.75) is 45.8 Å². The Morgan fingerprint density at radius 3 is 2.66 bits per heavy atom. The number of likely N-dealkylation sites (tertiary alicyclic amines) is 1. The molecule has 1 fully saturated rings. The number of esters is 1. The largest absolute Gasteiger partial charge is 0.496 e. The molecular formula is C21H32IN3O4. The summed E-state index contributed by atoms with van der Waals surface area (Å²) >= 11 is 0. The summed E-state index contributed by atoms with van der Waals surface area (Å²) in [6.45, 7) is 7.00.